The van der Waals surface area contributed by atoms with Gasteiger partial charge in [-0.15, -0.1) is 0 Å². The van der Waals surface area contributed by atoms with E-state index < -0.39 is 10.0 Å². The van der Waals surface area contributed by atoms with E-state index in [4.69, 9.17) is 5.26 Å². The summed E-state index contributed by atoms with van der Waals surface area (Å²) in [7, 11) is -2.03. The Morgan fingerprint density at radius 1 is 1.40 bits per heavy atom. The molecule has 0 aliphatic carbocycles. The standard InChI is InChI=1S/C10H12N2O2S/c1-3-12(2)15(13,14)10-7-5-4-6-9(10)8-11/h4-7H,3H2,1-2H3. The van der Waals surface area contributed by atoms with Crippen LogP contribution in [0.25, 0.3) is 0 Å². The Morgan fingerprint density at radius 2 is 2.00 bits per heavy atom. The molecule has 0 spiro atoms. The zero-order valence-electron chi connectivity index (χ0n) is 8.64. The molecule has 0 saturated heterocycles. The summed E-state index contributed by atoms with van der Waals surface area (Å²) in [5, 5.41) is 8.80. The van der Waals surface area contributed by atoms with Crippen LogP contribution in [-0.4, -0.2) is 26.3 Å². The van der Waals surface area contributed by atoms with Crippen molar-refractivity contribution >= 4 is 10.0 Å². The predicted molar refractivity (Wildman–Crippen MR) is 56.6 cm³/mol. The number of benzene rings is 1. The lowest BCUT2D eigenvalue weighted by atomic mass is 10.2. The lowest BCUT2D eigenvalue weighted by Gasteiger charge is -2.15. The first kappa shape index (κ1) is 11.7. The maximum atomic E-state index is 11.9. The van der Waals surface area contributed by atoms with Crippen molar-refractivity contribution in [1.82, 2.24) is 4.31 Å². The number of sulfonamides is 1. The summed E-state index contributed by atoms with van der Waals surface area (Å²) in [5.41, 5.74) is 0.179. The van der Waals surface area contributed by atoms with E-state index in [0.717, 1.165) is 0 Å². The fraction of sp³-hybridized carbons (Fsp3) is 0.300. The van der Waals surface area contributed by atoms with Gasteiger partial charge in [-0.3, -0.25) is 0 Å². The molecule has 0 fully saturated rings. The van der Waals surface area contributed by atoms with Crippen molar-refractivity contribution < 1.29 is 8.42 Å². The predicted octanol–water partition coefficient (Wildman–Crippen LogP) is 1.20. The molecule has 1 rings (SSSR count). The lowest BCUT2D eigenvalue weighted by Crippen LogP contribution is -2.27. The van der Waals surface area contributed by atoms with Gasteiger partial charge in [-0.2, -0.15) is 5.26 Å². The molecule has 0 heterocycles. The van der Waals surface area contributed by atoms with Crippen LogP contribution >= 0.6 is 0 Å². The second-order valence-corrected chi connectivity index (χ2v) is 5.04. The van der Waals surface area contributed by atoms with Crippen molar-refractivity contribution in [1.29, 1.82) is 5.26 Å². The van der Waals surface area contributed by atoms with E-state index in [9.17, 15) is 8.42 Å². The van der Waals surface area contributed by atoms with E-state index in [1.54, 1.807) is 19.1 Å². The molecule has 0 saturated carbocycles. The Labute approximate surface area is 89.8 Å². The van der Waals surface area contributed by atoms with Crippen LogP contribution in [0.3, 0.4) is 0 Å². The molecule has 0 radical (unpaired) electrons. The molecule has 0 bridgehead atoms. The van der Waals surface area contributed by atoms with Gasteiger partial charge in [0, 0.05) is 13.6 Å². The monoisotopic (exact) mass is 224 g/mol. The van der Waals surface area contributed by atoms with Crippen LogP contribution in [0.15, 0.2) is 29.2 Å². The Morgan fingerprint density at radius 3 is 2.53 bits per heavy atom. The van der Waals surface area contributed by atoms with Gasteiger partial charge in [0.2, 0.25) is 10.0 Å². The maximum absolute atomic E-state index is 11.9. The highest BCUT2D eigenvalue weighted by atomic mass is 32.2. The molecule has 0 aliphatic rings. The first-order valence-electron chi connectivity index (χ1n) is 4.49. The van der Waals surface area contributed by atoms with Gasteiger partial charge in [0.05, 0.1) is 10.5 Å². The minimum atomic E-state index is -3.52. The largest absolute Gasteiger partial charge is 0.244 e. The Kier molecular flexibility index (Phi) is 3.45. The molecule has 1 aromatic carbocycles. The third-order valence-corrected chi connectivity index (χ3v) is 4.13. The van der Waals surface area contributed by atoms with E-state index in [0.29, 0.717) is 6.54 Å². The van der Waals surface area contributed by atoms with Gasteiger partial charge >= 0.3 is 0 Å². The smallest absolute Gasteiger partial charge is 0.207 e. The first-order chi connectivity index (χ1) is 7.04. The molecule has 0 unspecified atom stereocenters. The Bertz CT molecular complexity index is 488. The lowest BCUT2D eigenvalue weighted by molar-refractivity contribution is 0.486. The third-order valence-electron chi connectivity index (χ3n) is 2.14. The second kappa shape index (κ2) is 4.43. The van der Waals surface area contributed by atoms with Gasteiger partial charge in [-0.25, -0.2) is 12.7 Å². The summed E-state index contributed by atoms with van der Waals surface area (Å²) in [6.07, 6.45) is 0. The van der Waals surface area contributed by atoms with Crippen LogP contribution in [0.2, 0.25) is 0 Å². The molecule has 0 N–H and O–H groups in total. The van der Waals surface area contributed by atoms with Crippen LogP contribution in [0.4, 0.5) is 0 Å². The summed E-state index contributed by atoms with van der Waals surface area (Å²) in [6, 6.07) is 8.07. The fourth-order valence-electron chi connectivity index (χ4n) is 1.12. The van der Waals surface area contributed by atoms with Crippen LogP contribution < -0.4 is 0 Å². The maximum Gasteiger partial charge on any atom is 0.244 e. The van der Waals surface area contributed by atoms with E-state index in [1.165, 1.54) is 23.5 Å². The molecule has 1 aromatic rings. The third kappa shape index (κ3) is 2.17. The number of hydrogen-bond donors (Lipinski definition) is 0. The van der Waals surface area contributed by atoms with Gasteiger partial charge in [0.1, 0.15) is 6.07 Å². The van der Waals surface area contributed by atoms with Gasteiger partial charge in [0.15, 0.2) is 0 Å². The molecule has 0 aliphatic heterocycles. The molecular weight excluding hydrogens is 212 g/mol. The molecule has 0 amide bonds. The zero-order chi connectivity index (χ0) is 11.5. The topological polar surface area (TPSA) is 61.2 Å². The van der Waals surface area contributed by atoms with Crippen molar-refractivity contribution in [3.8, 4) is 6.07 Å². The summed E-state index contributed by atoms with van der Waals surface area (Å²) >= 11 is 0. The van der Waals surface area contributed by atoms with E-state index in [-0.39, 0.29) is 10.5 Å². The average molecular weight is 224 g/mol. The molecule has 15 heavy (non-hydrogen) atoms. The van der Waals surface area contributed by atoms with Crippen LogP contribution in [-0.2, 0) is 10.0 Å². The van der Waals surface area contributed by atoms with Gasteiger partial charge < -0.3 is 0 Å². The van der Waals surface area contributed by atoms with Crippen LogP contribution in [0.1, 0.15) is 12.5 Å². The van der Waals surface area contributed by atoms with Crippen molar-refractivity contribution in [2.24, 2.45) is 0 Å². The van der Waals surface area contributed by atoms with Gasteiger partial charge in [-0.05, 0) is 12.1 Å². The molecule has 80 valence electrons. The van der Waals surface area contributed by atoms with Gasteiger partial charge in [0.25, 0.3) is 0 Å². The average Bonchev–Trinajstić information content (AvgIpc) is 2.27. The molecule has 4 nitrogen and oxygen atoms in total. The molecule has 5 heteroatoms. The highest BCUT2D eigenvalue weighted by Crippen LogP contribution is 2.17. The van der Waals surface area contributed by atoms with Crippen LogP contribution in [0.5, 0.6) is 0 Å². The van der Waals surface area contributed by atoms with Crippen molar-refractivity contribution in [2.75, 3.05) is 13.6 Å². The summed E-state index contributed by atoms with van der Waals surface area (Å²) < 4.78 is 25.0. The first-order valence-corrected chi connectivity index (χ1v) is 5.93. The number of nitrogens with zero attached hydrogens (tertiary/aromatic N) is 2. The summed E-state index contributed by atoms with van der Waals surface area (Å²) in [6.45, 7) is 2.12. The number of hydrogen-bond acceptors (Lipinski definition) is 3. The SMILES string of the molecule is CCN(C)S(=O)(=O)c1ccccc1C#N. The van der Waals surface area contributed by atoms with E-state index in [1.807, 2.05) is 6.07 Å². The summed E-state index contributed by atoms with van der Waals surface area (Å²) in [4.78, 5) is 0.0665. The van der Waals surface area contributed by atoms with E-state index in [2.05, 4.69) is 0 Å². The molecule has 0 atom stereocenters. The number of nitriles is 1. The van der Waals surface area contributed by atoms with E-state index >= 15 is 0 Å². The van der Waals surface area contributed by atoms with Gasteiger partial charge in [-0.1, -0.05) is 19.1 Å². The fourth-order valence-corrected chi connectivity index (χ4v) is 2.44. The highest BCUT2D eigenvalue weighted by Gasteiger charge is 2.22. The zero-order valence-corrected chi connectivity index (χ0v) is 9.45. The minimum Gasteiger partial charge on any atom is -0.207 e. The van der Waals surface area contributed by atoms with Crippen LogP contribution in [0, 0.1) is 11.3 Å². The minimum absolute atomic E-state index is 0.0665. The van der Waals surface area contributed by atoms with Crippen molar-refractivity contribution in [2.45, 2.75) is 11.8 Å². The summed E-state index contributed by atoms with van der Waals surface area (Å²) in [5.74, 6) is 0. The molecular formula is C10H12N2O2S. The number of rotatable bonds is 3. The Hall–Kier alpha value is -1.38. The quantitative estimate of drug-likeness (QED) is 0.775. The van der Waals surface area contributed by atoms with Crippen molar-refractivity contribution in [3.05, 3.63) is 29.8 Å². The Balaban J connectivity index is 3.35. The van der Waals surface area contributed by atoms with Crippen molar-refractivity contribution in [3.63, 3.8) is 0 Å². The highest BCUT2D eigenvalue weighted by molar-refractivity contribution is 7.89. The molecule has 0 aromatic heterocycles. The normalized spacial score (nSPS) is 11.3. The second-order valence-electron chi connectivity index (χ2n) is 3.03.